The highest BCUT2D eigenvalue weighted by atomic mass is 35.5. The summed E-state index contributed by atoms with van der Waals surface area (Å²) in [6, 6.07) is 9.63. The molecule has 2 N–H and O–H groups in total. The second kappa shape index (κ2) is 6.30. The predicted molar refractivity (Wildman–Crippen MR) is 92.8 cm³/mol. The van der Waals surface area contributed by atoms with E-state index in [1.807, 2.05) is 36.6 Å². The summed E-state index contributed by atoms with van der Waals surface area (Å²) in [7, 11) is 0. The molecule has 24 heavy (non-hydrogen) atoms. The Bertz CT molecular complexity index is 940. The topological polar surface area (TPSA) is 93.4 Å². The van der Waals surface area contributed by atoms with Crippen molar-refractivity contribution >= 4 is 17.5 Å². The Kier molecular flexibility index (Phi) is 4.19. The van der Waals surface area contributed by atoms with Gasteiger partial charge in [-0.25, -0.2) is 9.97 Å². The Hall–Kier alpha value is -2.91. The van der Waals surface area contributed by atoms with Crippen LogP contribution in [0.25, 0.3) is 17.2 Å². The first-order chi connectivity index (χ1) is 11.5. The molecule has 0 saturated carbocycles. The van der Waals surface area contributed by atoms with E-state index in [2.05, 4.69) is 21.0 Å². The molecule has 6 nitrogen and oxygen atoms in total. The van der Waals surface area contributed by atoms with Crippen molar-refractivity contribution in [3.63, 3.8) is 0 Å². The number of imidazole rings is 1. The van der Waals surface area contributed by atoms with E-state index < -0.39 is 0 Å². The number of hydrogen-bond acceptors (Lipinski definition) is 5. The first kappa shape index (κ1) is 16.0. The van der Waals surface area contributed by atoms with Gasteiger partial charge in [-0.05, 0) is 43.7 Å². The SMILES string of the molecule is Cc1cc(-c2ncc(C(C)C#N)n2-c2ccnc(N)n2)ccc1Cl. The number of aryl methyl sites for hydroxylation is 1. The van der Waals surface area contributed by atoms with E-state index in [0.29, 0.717) is 16.7 Å². The maximum Gasteiger partial charge on any atom is 0.221 e. The maximum atomic E-state index is 9.31. The Morgan fingerprint density at radius 2 is 2.08 bits per heavy atom. The third-order valence-corrected chi connectivity index (χ3v) is 4.16. The van der Waals surface area contributed by atoms with Crippen LogP contribution in [-0.2, 0) is 0 Å². The van der Waals surface area contributed by atoms with Gasteiger partial charge in [0.05, 0.1) is 23.9 Å². The summed E-state index contributed by atoms with van der Waals surface area (Å²) >= 11 is 6.12. The number of benzene rings is 1. The highest BCUT2D eigenvalue weighted by Crippen LogP contribution is 2.29. The van der Waals surface area contributed by atoms with E-state index in [1.165, 1.54) is 0 Å². The normalized spacial score (nSPS) is 11.9. The van der Waals surface area contributed by atoms with Crippen LogP contribution >= 0.6 is 11.6 Å². The van der Waals surface area contributed by atoms with Gasteiger partial charge in [0.1, 0.15) is 11.6 Å². The number of halogens is 1. The van der Waals surface area contributed by atoms with Gasteiger partial charge in [-0.1, -0.05) is 11.6 Å². The Morgan fingerprint density at radius 1 is 1.29 bits per heavy atom. The molecule has 3 aromatic rings. The van der Waals surface area contributed by atoms with Crippen molar-refractivity contribution in [3.05, 3.63) is 52.9 Å². The molecule has 0 aliphatic heterocycles. The van der Waals surface area contributed by atoms with Crippen LogP contribution in [0.2, 0.25) is 5.02 Å². The van der Waals surface area contributed by atoms with Crippen molar-refractivity contribution in [2.75, 3.05) is 5.73 Å². The third-order valence-electron chi connectivity index (χ3n) is 3.73. The number of nitrogens with zero attached hydrogens (tertiary/aromatic N) is 5. The minimum Gasteiger partial charge on any atom is -0.368 e. The smallest absolute Gasteiger partial charge is 0.221 e. The van der Waals surface area contributed by atoms with Crippen molar-refractivity contribution in [1.29, 1.82) is 5.26 Å². The van der Waals surface area contributed by atoms with Crippen LogP contribution in [0.3, 0.4) is 0 Å². The van der Waals surface area contributed by atoms with Crippen LogP contribution in [0.1, 0.15) is 24.1 Å². The molecule has 0 radical (unpaired) electrons. The molecule has 7 heteroatoms. The lowest BCUT2D eigenvalue weighted by atomic mass is 10.1. The van der Waals surface area contributed by atoms with Crippen molar-refractivity contribution < 1.29 is 0 Å². The van der Waals surface area contributed by atoms with Crippen LogP contribution in [0.15, 0.2) is 36.7 Å². The summed E-state index contributed by atoms with van der Waals surface area (Å²) in [4.78, 5) is 12.7. The van der Waals surface area contributed by atoms with Crippen molar-refractivity contribution in [1.82, 2.24) is 19.5 Å². The first-order valence-corrected chi connectivity index (χ1v) is 7.71. The minimum atomic E-state index is -0.351. The summed E-state index contributed by atoms with van der Waals surface area (Å²) in [6.45, 7) is 3.75. The van der Waals surface area contributed by atoms with Crippen molar-refractivity contribution in [2.24, 2.45) is 0 Å². The standard InChI is InChI=1S/C17H15ClN6/c1-10-7-12(3-4-13(10)18)16-22-9-14(11(2)8-19)24(16)15-5-6-21-17(20)23-15/h3-7,9,11H,1-2H3,(H2,20,21,23). The highest BCUT2D eigenvalue weighted by Gasteiger charge is 2.19. The van der Waals surface area contributed by atoms with Gasteiger partial charge in [0.2, 0.25) is 5.95 Å². The number of rotatable bonds is 3. The fraction of sp³-hybridized carbons (Fsp3) is 0.176. The lowest BCUT2D eigenvalue weighted by molar-refractivity contribution is 0.846. The van der Waals surface area contributed by atoms with Crippen LogP contribution in [-0.4, -0.2) is 19.5 Å². The number of anilines is 1. The average Bonchev–Trinajstić information content (AvgIpc) is 3.01. The largest absolute Gasteiger partial charge is 0.368 e. The molecular weight excluding hydrogens is 324 g/mol. The van der Waals surface area contributed by atoms with Crippen LogP contribution in [0, 0.1) is 18.3 Å². The second-order valence-corrected chi connectivity index (χ2v) is 5.84. The number of nitriles is 1. The molecule has 1 aromatic carbocycles. The van der Waals surface area contributed by atoms with Gasteiger partial charge >= 0.3 is 0 Å². The third kappa shape index (κ3) is 2.82. The fourth-order valence-electron chi connectivity index (χ4n) is 2.45. The quantitative estimate of drug-likeness (QED) is 0.788. The lowest BCUT2D eigenvalue weighted by Crippen LogP contribution is -2.08. The fourth-order valence-corrected chi connectivity index (χ4v) is 2.57. The molecule has 0 fully saturated rings. The zero-order valence-corrected chi connectivity index (χ0v) is 14.0. The number of nitrogens with two attached hydrogens (primary N) is 1. The van der Waals surface area contributed by atoms with Crippen LogP contribution < -0.4 is 5.73 Å². The number of nitrogen functional groups attached to an aromatic ring is 1. The monoisotopic (exact) mass is 338 g/mol. The van der Waals surface area contributed by atoms with E-state index in [0.717, 1.165) is 16.8 Å². The molecule has 2 heterocycles. The molecule has 0 bridgehead atoms. The highest BCUT2D eigenvalue weighted by molar-refractivity contribution is 6.31. The molecule has 2 aromatic heterocycles. The molecule has 120 valence electrons. The number of hydrogen-bond donors (Lipinski definition) is 1. The van der Waals surface area contributed by atoms with Gasteiger partial charge in [-0.3, -0.25) is 4.57 Å². The van der Waals surface area contributed by atoms with E-state index in [1.54, 1.807) is 18.5 Å². The molecular formula is C17H15ClN6. The van der Waals surface area contributed by atoms with Crippen molar-refractivity contribution in [2.45, 2.75) is 19.8 Å². The predicted octanol–water partition coefficient (Wildman–Crippen LogP) is 3.50. The van der Waals surface area contributed by atoms with Gasteiger partial charge in [0.25, 0.3) is 0 Å². The summed E-state index contributed by atoms with van der Waals surface area (Å²) in [5.74, 6) is 1.05. The molecule has 0 spiro atoms. The van der Waals surface area contributed by atoms with Gasteiger partial charge in [0.15, 0.2) is 0 Å². The minimum absolute atomic E-state index is 0.162. The molecule has 0 aliphatic rings. The van der Waals surface area contributed by atoms with Gasteiger partial charge in [-0.2, -0.15) is 10.2 Å². The molecule has 1 atom stereocenters. The summed E-state index contributed by atoms with van der Waals surface area (Å²) in [6.07, 6.45) is 3.26. The maximum absolute atomic E-state index is 9.31. The molecule has 0 saturated heterocycles. The van der Waals surface area contributed by atoms with Gasteiger partial charge < -0.3 is 5.73 Å². The van der Waals surface area contributed by atoms with Crippen molar-refractivity contribution in [3.8, 4) is 23.3 Å². The summed E-state index contributed by atoms with van der Waals surface area (Å²) in [5.41, 5.74) is 8.28. The molecule has 1 unspecified atom stereocenters. The van der Waals surface area contributed by atoms with E-state index in [9.17, 15) is 5.26 Å². The van der Waals surface area contributed by atoms with E-state index >= 15 is 0 Å². The zero-order valence-electron chi connectivity index (χ0n) is 13.2. The second-order valence-electron chi connectivity index (χ2n) is 5.43. The first-order valence-electron chi connectivity index (χ1n) is 7.34. The van der Waals surface area contributed by atoms with Crippen LogP contribution in [0.4, 0.5) is 5.95 Å². The zero-order chi connectivity index (χ0) is 17.3. The van der Waals surface area contributed by atoms with Gasteiger partial charge in [0, 0.05) is 16.8 Å². The number of aromatic nitrogens is 4. The van der Waals surface area contributed by atoms with E-state index in [-0.39, 0.29) is 11.9 Å². The summed E-state index contributed by atoms with van der Waals surface area (Å²) in [5, 5.41) is 10.00. The molecule has 0 aliphatic carbocycles. The molecule has 3 rings (SSSR count). The summed E-state index contributed by atoms with van der Waals surface area (Å²) < 4.78 is 1.83. The van der Waals surface area contributed by atoms with Gasteiger partial charge in [-0.15, -0.1) is 0 Å². The van der Waals surface area contributed by atoms with Crippen LogP contribution in [0.5, 0.6) is 0 Å². The molecule has 0 amide bonds. The Balaban J connectivity index is 2.25. The Labute approximate surface area is 144 Å². The lowest BCUT2D eigenvalue weighted by Gasteiger charge is -2.13. The Morgan fingerprint density at radius 3 is 2.75 bits per heavy atom. The van der Waals surface area contributed by atoms with E-state index in [4.69, 9.17) is 17.3 Å². The average molecular weight is 339 g/mol.